The minimum Gasteiger partial charge on any atom is -0.493 e. The van der Waals surface area contributed by atoms with Crippen molar-refractivity contribution in [2.45, 2.75) is 26.9 Å². The first-order valence-electron chi connectivity index (χ1n) is 10.5. The van der Waals surface area contributed by atoms with Crippen LogP contribution in [0.2, 0.25) is 0 Å². The molecule has 0 saturated carbocycles. The van der Waals surface area contributed by atoms with Crippen LogP contribution in [-0.2, 0) is 11.2 Å². The van der Waals surface area contributed by atoms with Crippen LogP contribution in [0.15, 0.2) is 48.5 Å². The van der Waals surface area contributed by atoms with Crippen LogP contribution < -0.4 is 14.4 Å². The quantitative estimate of drug-likeness (QED) is 0.367. The number of methoxy groups -OCH3 is 1. The lowest BCUT2D eigenvalue weighted by atomic mass is 10.1. The lowest BCUT2D eigenvalue weighted by Gasteiger charge is -2.21. The lowest BCUT2D eigenvalue weighted by molar-refractivity contribution is -0.0512. The third-order valence-corrected chi connectivity index (χ3v) is 5.82. The van der Waals surface area contributed by atoms with E-state index in [1.54, 1.807) is 13.8 Å². The van der Waals surface area contributed by atoms with E-state index in [0.717, 1.165) is 5.56 Å². The van der Waals surface area contributed by atoms with Gasteiger partial charge in [-0.15, -0.1) is 11.3 Å². The maximum absolute atomic E-state index is 13.5. The Morgan fingerprint density at radius 2 is 1.85 bits per heavy atom. The second kappa shape index (κ2) is 11.6. The summed E-state index contributed by atoms with van der Waals surface area (Å²) in [4.78, 5) is 32.2. The first kappa shape index (κ1) is 25.1. The van der Waals surface area contributed by atoms with E-state index in [1.165, 1.54) is 41.5 Å². The van der Waals surface area contributed by atoms with Gasteiger partial charge < -0.3 is 14.2 Å². The van der Waals surface area contributed by atoms with E-state index in [-0.39, 0.29) is 35.9 Å². The van der Waals surface area contributed by atoms with Gasteiger partial charge in [0.1, 0.15) is 0 Å². The topological polar surface area (TPSA) is 78.0 Å². The van der Waals surface area contributed by atoms with E-state index in [9.17, 15) is 18.4 Å². The number of amides is 1. The monoisotopic (exact) mass is 490 g/mol. The Hall–Kier alpha value is -3.53. The number of alkyl halides is 2. The number of aryl methyl sites for hydroxylation is 1. The fourth-order valence-electron chi connectivity index (χ4n) is 3.21. The van der Waals surface area contributed by atoms with Crippen molar-refractivity contribution in [3.8, 4) is 11.5 Å². The molecule has 3 aromatic rings. The number of carbonyl (C=O) groups is 2. The fourth-order valence-corrected chi connectivity index (χ4v) is 4.13. The molecule has 1 aromatic heterocycles. The number of nitrogens with zero attached hydrogens (tertiary/aromatic N) is 2. The number of benzene rings is 2. The Balaban J connectivity index is 1.97. The second-order valence-electron chi connectivity index (χ2n) is 7.06. The average Bonchev–Trinajstić information content (AvgIpc) is 3.20. The zero-order valence-corrected chi connectivity index (χ0v) is 19.7. The summed E-state index contributed by atoms with van der Waals surface area (Å²) in [6.45, 7) is 0.770. The summed E-state index contributed by atoms with van der Waals surface area (Å²) in [5, 5.41) is 0.300. The van der Waals surface area contributed by atoms with Crippen molar-refractivity contribution >= 4 is 28.3 Å². The summed E-state index contributed by atoms with van der Waals surface area (Å²) >= 11 is 1.17. The van der Waals surface area contributed by atoms with Gasteiger partial charge in [0.15, 0.2) is 22.3 Å². The highest BCUT2D eigenvalue weighted by molar-refractivity contribution is 7.16. The van der Waals surface area contributed by atoms with E-state index >= 15 is 0 Å². The molecule has 0 aliphatic rings. The molecule has 34 heavy (non-hydrogen) atoms. The highest BCUT2D eigenvalue weighted by Gasteiger charge is 2.26. The van der Waals surface area contributed by atoms with Crippen LogP contribution >= 0.6 is 11.3 Å². The van der Waals surface area contributed by atoms with Crippen LogP contribution in [0.3, 0.4) is 0 Å². The Morgan fingerprint density at radius 3 is 2.50 bits per heavy atom. The summed E-state index contributed by atoms with van der Waals surface area (Å²) in [5.74, 6) is -1.24. The van der Waals surface area contributed by atoms with Crippen LogP contribution in [0.4, 0.5) is 13.9 Å². The van der Waals surface area contributed by atoms with Gasteiger partial charge in [0, 0.05) is 17.0 Å². The number of halogens is 2. The smallest absolute Gasteiger partial charge is 0.387 e. The summed E-state index contributed by atoms with van der Waals surface area (Å²) in [7, 11) is 1.32. The standard InChI is InChI=1S/C24H24F2N2O5S/c1-4-32-22(30)20-15(2)34-24(27-20)28(13-12-16-8-6-5-7-9-16)21(29)17-10-11-18(31-3)19(14-17)33-23(25)26/h5-11,14,23H,4,12-13H2,1-3H3. The maximum atomic E-state index is 13.5. The molecule has 0 unspecified atom stereocenters. The number of anilines is 1. The number of thiazole rings is 1. The predicted molar refractivity (Wildman–Crippen MR) is 124 cm³/mol. The van der Waals surface area contributed by atoms with Gasteiger partial charge in [-0.2, -0.15) is 8.78 Å². The lowest BCUT2D eigenvalue weighted by Crippen LogP contribution is -2.33. The molecule has 0 spiro atoms. The molecular weight excluding hydrogens is 466 g/mol. The molecule has 0 saturated heterocycles. The molecule has 3 rings (SSSR count). The first-order chi connectivity index (χ1) is 16.3. The predicted octanol–water partition coefficient (Wildman–Crippen LogP) is 5.13. The van der Waals surface area contributed by atoms with Crippen LogP contribution in [-0.4, -0.2) is 43.7 Å². The molecule has 1 amide bonds. The fraction of sp³-hybridized carbons (Fsp3) is 0.292. The summed E-state index contributed by atoms with van der Waals surface area (Å²) in [6.07, 6.45) is 0.510. The molecule has 0 atom stereocenters. The molecule has 0 aliphatic carbocycles. The van der Waals surface area contributed by atoms with Gasteiger partial charge in [-0.25, -0.2) is 9.78 Å². The zero-order chi connectivity index (χ0) is 24.7. The molecule has 0 fully saturated rings. The number of ether oxygens (including phenoxy) is 3. The molecule has 0 radical (unpaired) electrons. The van der Waals surface area contributed by atoms with Gasteiger partial charge in [0.05, 0.1) is 13.7 Å². The number of carbonyl (C=O) groups excluding carboxylic acids is 2. The van der Waals surface area contributed by atoms with E-state index in [1.807, 2.05) is 30.3 Å². The highest BCUT2D eigenvalue weighted by Crippen LogP contribution is 2.32. The van der Waals surface area contributed by atoms with Crippen molar-refractivity contribution in [2.75, 3.05) is 25.2 Å². The maximum Gasteiger partial charge on any atom is 0.387 e. The zero-order valence-electron chi connectivity index (χ0n) is 18.9. The summed E-state index contributed by atoms with van der Waals surface area (Å²) in [5.41, 5.74) is 1.24. The Morgan fingerprint density at radius 1 is 1.12 bits per heavy atom. The minimum absolute atomic E-state index is 0.0716. The van der Waals surface area contributed by atoms with E-state index in [0.29, 0.717) is 16.4 Å². The summed E-state index contributed by atoms with van der Waals surface area (Å²) < 4.78 is 40.4. The molecule has 7 nitrogen and oxygen atoms in total. The van der Waals surface area contributed by atoms with E-state index in [4.69, 9.17) is 9.47 Å². The average molecular weight is 491 g/mol. The molecule has 0 N–H and O–H groups in total. The van der Waals surface area contributed by atoms with Crippen LogP contribution in [0, 0.1) is 6.92 Å². The molecule has 1 heterocycles. The first-order valence-corrected chi connectivity index (χ1v) is 11.3. The van der Waals surface area contributed by atoms with Crippen molar-refractivity contribution in [1.82, 2.24) is 4.98 Å². The van der Waals surface area contributed by atoms with Crippen LogP contribution in [0.5, 0.6) is 11.5 Å². The largest absolute Gasteiger partial charge is 0.493 e. The molecule has 0 bridgehead atoms. The number of esters is 1. The number of hydrogen-bond donors (Lipinski definition) is 0. The van der Waals surface area contributed by atoms with Crippen molar-refractivity contribution in [2.24, 2.45) is 0 Å². The van der Waals surface area contributed by atoms with Gasteiger partial charge in [-0.1, -0.05) is 30.3 Å². The van der Waals surface area contributed by atoms with Gasteiger partial charge in [-0.05, 0) is 44.0 Å². The van der Waals surface area contributed by atoms with Crippen molar-refractivity contribution in [1.29, 1.82) is 0 Å². The SMILES string of the molecule is CCOC(=O)c1nc(N(CCc2ccccc2)C(=O)c2ccc(OC)c(OC(F)F)c2)sc1C. The Labute approximate surface area is 199 Å². The van der Waals surface area contributed by atoms with Crippen molar-refractivity contribution in [3.63, 3.8) is 0 Å². The normalized spacial score (nSPS) is 10.8. The molecule has 2 aromatic carbocycles. The van der Waals surface area contributed by atoms with Gasteiger partial charge in [0.25, 0.3) is 5.91 Å². The van der Waals surface area contributed by atoms with Gasteiger partial charge in [0.2, 0.25) is 0 Å². The summed E-state index contributed by atoms with van der Waals surface area (Å²) in [6, 6.07) is 13.6. The minimum atomic E-state index is -3.08. The molecule has 0 aliphatic heterocycles. The van der Waals surface area contributed by atoms with Crippen molar-refractivity contribution in [3.05, 3.63) is 70.2 Å². The molecular formula is C24H24F2N2O5S. The number of hydrogen-bond acceptors (Lipinski definition) is 7. The Kier molecular flexibility index (Phi) is 8.53. The van der Waals surface area contributed by atoms with Gasteiger partial charge >= 0.3 is 12.6 Å². The molecule has 10 heteroatoms. The van der Waals surface area contributed by atoms with E-state index < -0.39 is 18.5 Å². The number of aromatic nitrogens is 1. The van der Waals surface area contributed by atoms with Gasteiger partial charge in [-0.3, -0.25) is 9.69 Å². The van der Waals surface area contributed by atoms with Crippen molar-refractivity contribution < 1.29 is 32.6 Å². The number of rotatable bonds is 10. The van der Waals surface area contributed by atoms with E-state index in [2.05, 4.69) is 9.72 Å². The Bertz CT molecular complexity index is 1140. The third-order valence-electron chi connectivity index (χ3n) is 4.82. The highest BCUT2D eigenvalue weighted by atomic mass is 32.1. The van der Waals surface area contributed by atoms with Crippen LogP contribution in [0.25, 0.3) is 0 Å². The second-order valence-corrected chi connectivity index (χ2v) is 8.24. The molecule has 180 valence electrons. The third kappa shape index (κ3) is 6.07. The van der Waals surface area contributed by atoms with Crippen LogP contribution in [0.1, 0.15) is 38.2 Å².